The molecule has 5 nitrogen and oxygen atoms in total. The molecule has 1 N–H and O–H groups in total. The van der Waals surface area contributed by atoms with Crippen LogP contribution in [0, 0.1) is 5.92 Å². The number of oxazole rings is 1. The van der Waals surface area contributed by atoms with Gasteiger partial charge in [-0.25, -0.2) is 4.98 Å². The Hall–Kier alpha value is -3.21. The van der Waals surface area contributed by atoms with Crippen LogP contribution in [0.15, 0.2) is 59.0 Å². The number of hydrogen-bond donors (Lipinski definition) is 1. The zero-order chi connectivity index (χ0) is 18.1. The van der Waals surface area contributed by atoms with E-state index in [1.165, 1.54) is 6.92 Å². The molecule has 3 aromatic rings. The second kappa shape index (κ2) is 6.59. The maximum Gasteiger partial charge on any atom is 0.227 e. The molecule has 1 fully saturated rings. The molecular weight excluding hydrogens is 328 g/mol. The average Bonchev–Trinajstić information content (AvgIpc) is 3.41. The molecule has 1 aliphatic carbocycles. The Labute approximate surface area is 151 Å². The van der Waals surface area contributed by atoms with E-state index in [-0.39, 0.29) is 17.6 Å². The van der Waals surface area contributed by atoms with Gasteiger partial charge in [-0.05, 0) is 49.2 Å². The van der Waals surface area contributed by atoms with Gasteiger partial charge in [0.1, 0.15) is 0 Å². The van der Waals surface area contributed by atoms with Gasteiger partial charge in [0.05, 0.1) is 0 Å². The van der Waals surface area contributed by atoms with E-state index in [9.17, 15) is 9.59 Å². The predicted molar refractivity (Wildman–Crippen MR) is 98.7 cm³/mol. The molecule has 0 saturated heterocycles. The van der Waals surface area contributed by atoms with Crippen LogP contribution in [0.25, 0.3) is 22.8 Å². The summed E-state index contributed by atoms with van der Waals surface area (Å²) in [6, 6.07) is 16.7. The fourth-order valence-corrected chi connectivity index (χ4v) is 2.75. The summed E-state index contributed by atoms with van der Waals surface area (Å²) in [7, 11) is 0. The number of aromatic nitrogens is 1. The topological polar surface area (TPSA) is 72.2 Å². The van der Waals surface area contributed by atoms with Gasteiger partial charge < -0.3 is 9.73 Å². The van der Waals surface area contributed by atoms with Crippen molar-refractivity contribution < 1.29 is 14.0 Å². The number of carbonyl (C=O) groups excluding carboxylic acids is 2. The summed E-state index contributed by atoms with van der Waals surface area (Å²) >= 11 is 0. The molecule has 1 amide bonds. The van der Waals surface area contributed by atoms with Gasteiger partial charge in [0.15, 0.2) is 17.2 Å². The highest BCUT2D eigenvalue weighted by atomic mass is 16.4. The molecule has 0 bridgehead atoms. The monoisotopic (exact) mass is 346 g/mol. The number of anilines is 1. The molecule has 0 radical (unpaired) electrons. The van der Waals surface area contributed by atoms with E-state index in [1.807, 2.05) is 54.6 Å². The minimum absolute atomic E-state index is 0.0632. The van der Waals surface area contributed by atoms with Crippen molar-refractivity contribution in [1.29, 1.82) is 0 Å². The highest BCUT2D eigenvalue weighted by Crippen LogP contribution is 2.32. The van der Waals surface area contributed by atoms with Crippen LogP contribution in [0.2, 0.25) is 0 Å². The number of benzene rings is 2. The van der Waals surface area contributed by atoms with Crippen molar-refractivity contribution in [2.24, 2.45) is 5.92 Å². The van der Waals surface area contributed by atoms with Gasteiger partial charge >= 0.3 is 0 Å². The summed E-state index contributed by atoms with van der Waals surface area (Å²) in [6.45, 7) is 1.47. The number of carbonyl (C=O) groups is 2. The van der Waals surface area contributed by atoms with Crippen LogP contribution in [0.5, 0.6) is 0 Å². The van der Waals surface area contributed by atoms with E-state index in [0.717, 1.165) is 29.7 Å². The Morgan fingerprint density at radius 3 is 2.31 bits per heavy atom. The minimum Gasteiger partial charge on any atom is -0.435 e. The standard InChI is InChI=1S/C21H18N2O3/c1-13(24)18-19(26-21(23-18)16-5-3-2-4-6-16)14-9-11-17(12-10-14)22-20(25)15-7-8-15/h2-6,9-12,15H,7-8H2,1H3,(H,22,25). The first kappa shape index (κ1) is 16.3. The largest absolute Gasteiger partial charge is 0.435 e. The lowest BCUT2D eigenvalue weighted by Crippen LogP contribution is -2.12. The first-order valence-corrected chi connectivity index (χ1v) is 8.60. The summed E-state index contributed by atoms with van der Waals surface area (Å²) in [5, 5.41) is 2.90. The highest BCUT2D eigenvalue weighted by molar-refractivity contribution is 5.98. The van der Waals surface area contributed by atoms with Crippen molar-refractivity contribution >= 4 is 17.4 Å². The van der Waals surface area contributed by atoms with Crippen molar-refractivity contribution in [2.45, 2.75) is 19.8 Å². The molecular formula is C21H18N2O3. The number of nitrogens with zero attached hydrogens (tertiary/aromatic N) is 1. The summed E-state index contributed by atoms with van der Waals surface area (Å²) < 4.78 is 5.90. The van der Waals surface area contributed by atoms with Crippen LogP contribution in [-0.4, -0.2) is 16.7 Å². The molecule has 1 aliphatic rings. The first-order chi connectivity index (χ1) is 12.6. The van der Waals surface area contributed by atoms with Gasteiger partial charge in [-0.1, -0.05) is 18.2 Å². The summed E-state index contributed by atoms with van der Waals surface area (Å²) in [5.41, 5.74) is 2.60. The molecule has 5 heteroatoms. The molecule has 4 rings (SSSR count). The van der Waals surface area contributed by atoms with E-state index in [1.54, 1.807) is 0 Å². The lowest BCUT2D eigenvalue weighted by atomic mass is 10.1. The fraction of sp³-hybridized carbons (Fsp3) is 0.190. The molecule has 26 heavy (non-hydrogen) atoms. The zero-order valence-corrected chi connectivity index (χ0v) is 14.4. The highest BCUT2D eigenvalue weighted by Gasteiger charge is 2.29. The smallest absolute Gasteiger partial charge is 0.227 e. The quantitative estimate of drug-likeness (QED) is 0.687. The average molecular weight is 346 g/mol. The van der Waals surface area contributed by atoms with Gasteiger partial charge in [-0.3, -0.25) is 9.59 Å². The number of hydrogen-bond acceptors (Lipinski definition) is 4. The Morgan fingerprint density at radius 1 is 1.00 bits per heavy atom. The van der Waals surface area contributed by atoms with Crippen LogP contribution in [-0.2, 0) is 4.79 Å². The second-order valence-corrected chi connectivity index (χ2v) is 6.46. The Bertz CT molecular complexity index is 955. The van der Waals surface area contributed by atoms with Crippen molar-refractivity contribution in [2.75, 3.05) is 5.32 Å². The summed E-state index contributed by atoms with van der Waals surface area (Å²) in [5.74, 6) is 0.917. The lowest BCUT2D eigenvalue weighted by Gasteiger charge is -2.05. The van der Waals surface area contributed by atoms with Crippen molar-refractivity contribution in [1.82, 2.24) is 4.98 Å². The third-order valence-corrected chi connectivity index (χ3v) is 4.34. The SMILES string of the molecule is CC(=O)c1nc(-c2ccccc2)oc1-c1ccc(NC(=O)C2CC2)cc1. The van der Waals surface area contributed by atoms with Crippen LogP contribution >= 0.6 is 0 Å². The normalized spacial score (nSPS) is 13.4. The van der Waals surface area contributed by atoms with Crippen LogP contribution in [0.4, 0.5) is 5.69 Å². The third kappa shape index (κ3) is 3.28. The summed E-state index contributed by atoms with van der Waals surface area (Å²) in [4.78, 5) is 28.2. The van der Waals surface area contributed by atoms with E-state index in [2.05, 4.69) is 10.3 Å². The first-order valence-electron chi connectivity index (χ1n) is 8.60. The molecule has 0 atom stereocenters. The maximum atomic E-state index is 12.0. The van der Waals surface area contributed by atoms with Gasteiger partial charge in [0, 0.05) is 29.7 Å². The number of nitrogens with one attached hydrogen (secondary N) is 1. The van der Waals surface area contributed by atoms with Crippen LogP contribution < -0.4 is 5.32 Å². The third-order valence-electron chi connectivity index (χ3n) is 4.34. The van der Waals surface area contributed by atoms with Gasteiger partial charge in [-0.15, -0.1) is 0 Å². The second-order valence-electron chi connectivity index (χ2n) is 6.46. The van der Waals surface area contributed by atoms with Gasteiger partial charge in [0.25, 0.3) is 0 Å². The molecule has 1 aromatic heterocycles. The molecule has 0 aliphatic heterocycles. The fourth-order valence-electron chi connectivity index (χ4n) is 2.75. The number of rotatable bonds is 5. The zero-order valence-electron chi connectivity index (χ0n) is 14.4. The molecule has 1 saturated carbocycles. The predicted octanol–water partition coefficient (Wildman–Crippen LogP) is 4.56. The molecule has 0 unspecified atom stereocenters. The minimum atomic E-state index is -0.156. The lowest BCUT2D eigenvalue weighted by molar-refractivity contribution is -0.117. The van der Waals surface area contributed by atoms with Crippen molar-refractivity contribution in [3.8, 4) is 22.8 Å². The van der Waals surface area contributed by atoms with E-state index in [0.29, 0.717) is 17.3 Å². The van der Waals surface area contributed by atoms with E-state index in [4.69, 9.17) is 4.42 Å². The molecule has 0 spiro atoms. The van der Waals surface area contributed by atoms with Crippen LogP contribution in [0.3, 0.4) is 0 Å². The molecule has 130 valence electrons. The van der Waals surface area contributed by atoms with Crippen molar-refractivity contribution in [3.05, 3.63) is 60.3 Å². The summed E-state index contributed by atoms with van der Waals surface area (Å²) in [6.07, 6.45) is 1.93. The molecule has 2 aromatic carbocycles. The van der Waals surface area contributed by atoms with Crippen LogP contribution in [0.1, 0.15) is 30.3 Å². The number of amides is 1. The Balaban J connectivity index is 1.64. The Morgan fingerprint density at radius 2 is 1.69 bits per heavy atom. The number of ketones is 1. The van der Waals surface area contributed by atoms with Gasteiger partial charge in [0.2, 0.25) is 11.8 Å². The van der Waals surface area contributed by atoms with E-state index >= 15 is 0 Å². The van der Waals surface area contributed by atoms with Gasteiger partial charge in [-0.2, -0.15) is 0 Å². The number of Topliss-reactive ketones (excluding diaryl/α,β-unsaturated/α-hetero) is 1. The maximum absolute atomic E-state index is 12.0. The Kier molecular flexibility index (Phi) is 4.13. The van der Waals surface area contributed by atoms with E-state index < -0.39 is 0 Å². The van der Waals surface area contributed by atoms with Crippen molar-refractivity contribution in [3.63, 3.8) is 0 Å². The molecule has 1 heterocycles.